The Hall–Kier alpha value is -8.33. The Kier molecular flexibility index (Phi) is 8.46. The zero-order valence-electron chi connectivity index (χ0n) is 32.3. The molecule has 278 valence electrons. The number of hydrogen-bond donors (Lipinski definition) is 0. The summed E-state index contributed by atoms with van der Waals surface area (Å²) in [6, 6.07) is 67.2. The molecule has 0 N–H and O–H groups in total. The van der Waals surface area contributed by atoms with Crippen molar-refractivity contribution >= 4 is 48.9 Å². The summed E-state index contributed by atoms with van der Waals surface area (Å²) in [7, 11) is 0. The van der Waals surface area contributed by atoms with Crippen molar-refractivity contribution < 1.29 is 0 Å². The third-order valence-electron chi connectivity index (χ3n) is 11.4. The lowest BCUT2D eigenvalue weighted by molar-refractivity contribution is 1.07. The van der Waals surface area contributed by atoms with Gasteiger partial charge in [0.05, 0.1) is 12.1 Å². The first-order chi connectivity index (χ1) is 29.7. The summed E-state index contributed by atoms with van der Waals surface area (Å²) >= 11 is 0. The lowest BCUT2D eigenvalue weighted by atomic mass is 9.86. The summed E-state index contributed by atoms with van der Waals surface area (Å²) in [5, 5.41) is 8.09. The van der Waals surface area contributed by atoms with Crippen LogP contribution in [-0.2, 0) is 0 Å². The number of benzene rings is 9. The van der Waals surface area contributed by atoms with Gasteiger partial charge in [0, 0.05) is 33.8 Å². The van der Waals surface area contributed by atoms with Gasteiger partial charge in [-0.3, -0.25) is 4.98 Å². The molecule has 0 aliphatic heterocycles. The molecule has 0 spiro atoms. The first kappa shape index (κ1) is 34.9. The molecule has 0 aliphatic rings. The van der Waals surface area contributed by atoms with Crippen LogP contribution in [0.4, 0.5) is 5.69 Å². The van der Waals surface area contributed by atoms with Crippen molar-refractivity contribution in [2.45, 2.75) is 0 Å². The third kappa shape index (κ3) is 6.03. The van der Waals surface area contributed by atoms with E-state index in [0.29, 0.717) is 23.2 Å². The van der Waals surface area contributed by atoms with Crippen molar-refractivity contribution in [2.24, 2.45) is 0 Å². The molecule has 11 aromatic rings. The quantitative estimate of drug-likeness (QED) is 0.125. The highest BCUT2D eigenvalue weighted by atomic mass is 15.0. The van der Waals surface area contributed by atoms with Gasteiger partial charge in [-0.1, -0.05) is 170 Å². The Bertz CT molecular complexity index is 3420. The van der Waals surface area contributed by atoms with Crippen LogP contribution in [-0.4, -0.2) is 19.9 Å². The lowest BCUT2D eigenvalue weighted by Crippen LogP contribution is -2.00. The van der Waals surface area contributed by atoms with Crippen LogP contribution >= 0.6 is 0 Å². The van der Waals surface area contributed by atoms with Gasteiger partial charge in [-0.2, -0.15) is 0 Å². The van der Waals surface area contributed by atoms with Crippen LogP contribution < -0.4 is 0 Å². The Morgan fingerprint density at radius 2 is 0.817 bits per heavy atom. The average Bonchev–Trinajstić information content (AvgIpc) is 3.33. The van der Waals surface area contributed by atoms with Crippen LogP contribution in [0.3, 0.4) is 0 Å². The lowest BCUT2D eigenvalue weighted by Gasteiger charge is -2.18. The predicted octanol–water partition coefficient (Wildman–Crippen LogP) is 14.4. The SMILES string of the molecule is [C-]#[N+]c1ccc(-c2ccc(-c3cc4c5cccnc5c(-c5cccc(-c6nc(-c7ccccc7)nc(-c7ccccc7)n6)c5)cc4c4ccccc34)c3ccccc23)cc1. The zero-order chi connectivity index (χ0) is 40.0. The number of pyridine rings is 1. The van der Waals surface area contributed by atoms with Crippen molar-refractivity contribution in [3.63, 3.8) is 0 Å². The van der Waals surface area contributed by atoms with Crippen molar-refractivity contribution in [3.8, 4) is 67.5 Å². The molecular weight excluding hydrogens is 731 g/mol. The fourth-order valence-electron chi connectivity index (χ4n) is 8.53. The first-order valence-electron chi connectivity index (χ1n) is 19.9. The molecule has 0 radical (unpaired) electrons. The van der Waals surface area contributed by atoms with Crippen LogP contribution in [0.1, 0.15) is 0 Å². The topological polar surface area (TPSA) is 55.9 Å². The van der Waals surface area contributed by atoms with Crippen LogP contribution in [0.15, 0.2) is 200 Å². The van der Waals surface area contributed by atoms with Crippen LogP contribution in [0.25, 0.3) is 116 Å². The summed E-state index contributed by atoms with van der Waals surface area (Å²) in [5.41, 5.74) is 11.0. The molecule has 0 amide bonds. The highest BCUT2D eigenvalue weighted by molar-refractivity contribution is 6.24. The maximum atomic E-state index is 7.42. The van der Waals surface area contributed by atoms with E-state index >= 15 is 0 Å². The van der Waals surface area contributed by atoms with Gasteiger partial charge in [0.15, 0.2) is 23.2 Å². The van der Waals surface area contributed by atoms with E-state index in [2.05, 4.69) is 108 Å². The van der Waals surface area contributed by atoms with Crippen LogP contribution in [0.5, 0.6) is 0 Å². The normalized spacial score (nSPS) is 11.3. The first-order valence-corrected chi connectivity index (χ1v) is 19.9. The molecule has 0 unspecified atom stereocenters. The van der Waals surface area contributed by atoms with Gasteiger partial charge in [0.1, 0.15) is 0 Å². The minimum atomic E-state index is 0.608. The predicted molar refractivity (Wildman–Crippen MR) is 247 cm³/mol. The minimum absolute atomic E-state index is 0.608. The van der Waals surface area contributed by atoms with Crippen molar-refractivity contribution in [1.29, 1.82) is 0 Å². The maximum Gasteiger partial charge on any atom is 0.187 e. The highest BCUT2D eigenvalue weighted by Gasteiger charge is 2.19. The van der Waals surface area contributed by atoms with Gasteiger partial charge in [-0.25, -0.2) is 19.8 Å². The number of nitrogens with zero attached hydrogens (tertiary/aromatic N) is 5. The second-order valence-corrected chi connectivity index (χ2v) is 14.9. The van der Waals surface area contributed by atoms with Gasteiger partial charge < -0.3 is 0 Å². The number of rotatable bonds is 6. The maximum absolute atomic E-state index is 7.42. The molecular formula is C55H33N5. The Morgan fingerprint density at radius 3 is 1.48 bits per heavy atom. The van der Waals surface area contributed by atoms with E-state index in [1.807, 2.05) is 97.2 Å². The fraction of sp³-hybridized carbons (Fsp3) is 0. The number of aromatic nitrogens is 4. The molecule has 0 saturated carbocycles. The van der Waals surface area contributed by atoms with Crippen LogP contribution in [0.2, 0.25) is 0 Å². The van der Waals surface area contributed by atoms with Crippen molar-refractivity contribution in [2.75, 3.05) is 0 Å². The van der Waals surface area contributed by atoms with E-state index in [1.54, 1.807) is 0 Å². The number of hydrogen-bond acceptors (Lipinski definition) is 4. The largest absolute Gasteiger partial charge is 0.256 e. The summed E-state index contributed by atoms with van der Waals surface area (Å²) in [6.07, 6.45) is 1.88. The van der Waals surface area contributed by atoms with E-state index in [0.717, 1.165) is 60.6 Å². The Labute approximate surface area is 346 Å². The van der Waals surface area contributed by atoms with E-state index in [1.165, 1.54) is 32.7 Å². The zero-order valence-corrected chi connectivity index (χ0v) is 32.3. The highest BCUT2D eigenvalue weighted by Crippen LogP contribution is 2.44. The summed E-state index contributed by atoms with van der Waals surface area (Å²) < 4.78 is 0. The van der Waals surface area contributed by atoms with Gasteiger partial charge in [0.2, 0.25) is 0 Å². The second-order valence-electron chi connectivity index (χ2n) is 14.9. The molecule has 0 fully saturated rings. The monoisotopic (exact) mass is 763 g/mol. The fourth-order valence-corrected chi connectivity index (χ4v) is 8.53. The molecule has 11 rings (SSSR count). The molecule has 0 bridgehead atoms. The molecule has 0 saturated heterocycles. The van der Waals surface area contributed by atoms with Gasteiger partial charge in [-0.05, 0) is 84.4 Å². The molecule has 0 atom stereocenters. The molecule has 9 aromatic carbocycles. The van der Waals surface area contributed by atoms with Gasteiger partial charge >= 0.3 is 0 Å². The molecule has 5 heteroatoms. The molecule has 2 aromatic heterocycles. The molecule has 2 heterocycles. The summed E-state index contributed by atoms with van der Waals surface area (Å²) in [6.45, 7) is 7.42. The Balaban J connectivity index is 1.10. The smallest absolute Gasteiger partial charge is 0.187 e. The number of fused-ring (bicyclic) bond motifs is 6. The third-order valence-corrected chi connectivity index (χ3v) is 11.4. The molecule has 0 aliphatic carbocycles. The van der Waals surface area contributed by atoms with E-state index in [4.69, 9.17) is 26.5 Å². The molecule has 5 nitrogen and oxygen atoms in total. The van der Waals surface area contributed by atoms with Crippen molar-refractivity contribution in [1.82, 2.24) is 19.9 Å². The molecule has 60 heavy (non-hydrogen) atoms. The Morgan fingerprint density at radius 1 is 0.317 bits per heavy atom. The van der Waals surface area contributed by atoms with Gasteiger partial charge in [-0.15, -0.1) is 0 Å². The minimum Gasteiger partial charge on any atom is -0.256 e. The van der Waals surface area contributed by atoms with Gasteiger partial charge in [0.25, 0.3) is 0 Å². The van der Waals surface area contributed by atoms with Crippen LogP contribution in [0, 0.1) is 6.57 Å². The standard InChI is InChI=1S/C55H33N5/c1-56-40-27-25-35(26-28-40)41-29-30-46(43-21-9-8-20-42(41)43)49-34-51-47-24-13-31-57-52(47)48(33-50(51)45-23-11-10-22-44(45)49)38-18-12-19-39(32-38)55-59-53(36-14-4-2-5-15-36)58-54(60-55)37-16-6-3-7-17-37/h2-34H. The van der Waals surface area contributed by atoms with Crippen molar-refractivity contribution in [3.05, 3.63) is 212 Å². The van der Waals surface area contributed by atoms with E-state index < -0.39 is 0 Å². The van der Waals surface area contributed by atoms with E-state index in [9.17, 15) is 0 Å². The summed E-state index contributed by atoms with van der Waals surface area (Å²) in [5.74, 6) is 1.86. The van der Waals surface area contributed by atoms with E-state index in [-0.39, 0.29) is 0 Å². The second kappa shape index (κ2) is 14.6. The summed E-state index contributed by atoms with van der Waals surface area (Å²) in [4.78, 5) is 23.6. The average molecular weight is 764 g/mol.